The second kappa shape index (κ2) is 8.38. The Bertz CT molecular complexity index is 702. The van der Waals surface area contributed by atoms with E-state index < -0.39 is 0 Å². The molecule has 0 spiro atoms. The number of piperidine rings is 1. The number of hydrogen-bond donors (Lipinski definition) is 0. The van der Waals surface area contributed by atoms with Gasteiger partial charge in [0, 0.05) is 18.7 Å². The zero-order valence-electron chi connectivity index (χ0n) is 14.6. The average Bonchev–Trinajstić information content (AvgIpc) is 3.09. The molecule has 7 heteroatoms. The van der Waals surface area contributed by atoms with E-state index >= 15 is 0 Å². The number of nitrogens with zero attached hydrogens (tertiary/aromatic N) is 3. The normalized spacial score (nSPS) is 17.5. The minimum atomic E-state index is 0.136. The Morgan fingerprint density at radius 2 is 2.16 bits per heavy atom. The Morgan fingerprint density at radius 3 is 2.88 bits per heavy atom. The van der Waals surface area contributed by atoms with Crippen LogP contribution in [0.15, 0.2) is 33.9 Å². The number of benzene rings is 1. The highest BCUT2D eigenvalue weighted by Gasteiger charge is 2.21. The van der Waals surface area contributed by atoms with Gasteiger partial charge in [-0.1, -0.05) is 18.7 Å². The molecule has 1 aliphatic rings. The van der Waals surface area contributed by atoms with Crippen molar-refractivity contribution in [3.8, 4) is 17.2 Å². The van der Waals surface area contributed by atoms with Gasteiger partial charge in [0.05, 0.1) is 12.4 Å². The fraction of sp³-hybridized carbons (Fsp3) is 0.500. The van der Waals surface area contributed by atoms with Crippen molar-refractivity contribution in [2.45, 2.75) is 31.9 Å². The number of amides is 1. The summed E-state index contributed by atoms with van der Waals surface area (Å²) in [7, 11) is 0. The topological polar surface area (TPSA) is 68.5 Å². The summed E-state index contributed by atoms with van der Waals surface area (Å²) in [5, 5.41) is 8.51. The Hall–Kier alpha value is -2.02. The molecule has 1 atom stereocenters. The van der Waals surface area contributed by atoms with Crippen molar-refractivity contribution in [3.63, 3.8) is 0 Å². The van der Waals surface area contributed by atoms with Crippen LogP contribution in [0.5, 0.6) is 5.75 Å². The Balaban J connectivity index is 1.55. The predicted molar refractivity (Wildman–Crippen MR) is 96.6 cm³/mol. The van der Waals surface area contributed by atoms with Crippen molar-refractivity contribution in [2.75, 3.05) is 25.4 Å². The molecule has 0 N–H and O–H groups in total. The van der Waals surface area contributed by atoms with Crippen LogP contribution in [0.2, 0.25) is 0 Å². The minimum Gasteiger partial charge on any atom is -0.494 e. The van der Waals surface area contributed by atoms with Gasteiger partial charge in [-0.15, -0.1) is 10.2 Å². The van der Waals surface area contributed by atoms with Crippen LogP contribution in [0.3, 0.4) is 0 Å². The molecular formula is C18H23N3O3S. The summed E-state index contributed by atoms with van der Waals surface area (Å²) in [6, 6.07) is 7.51. The number of ether oxygens (including phenoxy) is 1. The van der Waals surface area contributed by atoms with Gasteiger partial charge in [0.15, 0.2) is 0 Å². The second-order valence-corrected chi connectivity index (χ2v) is 7.13. The van der Waals surface area contributed by atoms with Gasteiger partial charge in [0.25, 0.3) is 5.22 Å². The molecule has 6 nitrogen and oxygen atoms in total. The SMILES string of the molecule is CCOc1ccc(-c2nnc(SCC(=O)N3CCC[C@H](C)C3)o2)cc1. The number of likely N-dealkylation sites (tertiary alicyclic amines) is 1. The number of hydrogen-bond acceptors (Lipinski definition) is 6. The van der Waals surface area contributed by atoms with Crippen molar-refractivity contribution < 1.29 is 13.9 Å². The van der Waals surface area contributed by atoms with E-state index in [2.05, 4.69) is 17.1 Å². The van der Waals surface area contributed by atoms with Crippen molar-refractivity contribution >= 4 is 17.7 Å². The molecule has 1 aromatic carbocycles. The molecule has 1 aliphatic heterocycles. The largest absolute Gasteiger partial charge is 0.494 e. The van der Waals surface area contributed by atoms with Crippen molar-refractivity contribution in [1.82, 2.24) is 15.1 Å². The van der Waals surface area contributed by atoms with Gasteiger partial charge in [-0.05, 0) is 49.9 Å². The molecule has 3 rings (SSSR count). The highest BCUT2D eigenvalue weighted by molar-refractivity contribution is 7.99. The van der Waals surface area contributed by atoms with Crippen LogP contribution in [0.1, 0.15) is 26.7 Å². The third-order valence-corrected chi connectivity index (χ3v) is 4.95. The van der Waals surface area contributed by atoms with Crippen LogP contribution in [0, 0.1) is 5.92 Å². The first-order chi connectivity index (χ1) is 12.2. The summed E-state index contributed by atoms with van der Waals surface area (Å²) in [5.41, 5.74) is 0.832. The predicted octanol–water partition coefficient (Wildman–Crippen LogP) is 3.49. The summed E-state index contributed by atoms with van der Waals surface area (Å²) in [6.07, 6.45) is 2.28. The number of carbonyl (C=O) groups excluding carboxylic acids is 1. The van der Waals surface area contributed by atoms with Gasteiger partial charge in [0.1, 0.15) is 5.75 Å². The van der Waals surface area contributed by atoms with Gasteiger partial charge in [-0.25, -0.2) is 0 Å². The number of carbonyl (C=O) groups is 1. The molecule has 2 aromatic rings. The zero-order chi connectivity index (χ0) is 17.6. The first-order valence-corrected chi connectivity index (χ1v) is 9.61. The van der Waals surface area contributed by atoms with E-state index in [4.69, 9.17) is 9.15 Å². The first-order valence-electron chi connectivity index (χ1n) is 8.63. The van der Waals surface area contributed by atoms with Gasteiger partial charge in [-0.3, -0.25) is 4.79 Å². The van der Waals surface area contributed by atoms with Crippen LogP contribution < -0.4 is 4.74 Å². The van der Waals surface area contributed by atoms with Gasteiger partial charge < -0.3 is 14.1 Å². The van der Waals surface area contributed by atoms with Crippen LogP contribution in [-0.4, -0.2) is 46.5 Å². The maximum atomic E-state index is 12.3. The summed E-state index contributed by atoms with van der Waals surface area (Å²) in [5.74, 6) is 2.30. The van der Waals surface area contributed by atoms with Crippen LogP contribution >= 0.6 is 11.8 Å². The van der Waals surface area contributed by atoms with Gasteiger partial charge in [-0.2, -0.15) is 0 Å². The van der Waals surface area contributed by atoms with E-state index in [0.29, 0.717) is 29.4 Å². The maximum absolute atomic E-state index is 12.3. The van der Waals surface area contributed by atoms with Crippen LogP contribution in [0.25, 0.3) is 11.5 Å². The smallest absolute Gasteiger partial charge is 0.277 e. The molecule has 0 saturated carbocycles. The third-order valence-electron chi connectivity index (χ3n) is 4.15. The number of rotatable bonds is 6. The highest BCUT2D eigenvalue weighted by atomic mass is 32.2. The molecule has 0 bridgehead atoms. The van der Waals surface area contributed by atoms with E-state index in [0.717, 1.165) is 30.8 Å². The molecule has 2 heterocycles. The lowest BCUT2D eigenvalue weighted by atomic mass is 10.0. The molecule has 0 radical (unpaired) electrons. The fourth-order valence-electron chi connectivity index (χ4n) is 2.88. The molecule has 1 amide bonds. The van der Waals surface area contributed by atoms with E-state index in [-0.39, 0.29) is 5.91 Å². The van der Waals surface area contributed by atoms with Crippen molar-refractivity contribution in [1.29, 1.82) is 0 Å². The lowest BCUT2D eigenvalue weighted by Crippen LogP contribution is -2.40. The lowest BCUT2D eigenvalue weighted by Gasteiger charge is -2.30. The van der Waals surface area contributed by atoms with Crippen molar-refractivity contribution in [2.24, 2.45) is 5.92 Å². The molecule has 134 valence electrons. The second-order valence-electron chi connectivity index (χ2n) is 6.21. The van der Waals surface area contributed by atoms with E-state index in [9.17, 15) is 4.79 Å². The molecule has 0 aliphatic carbocycles. The van der Waals surface area contributed by atoms with E-state index in [1.54, 1.807) is 0 Å². The summed E-state index contributed by atoms with van der Waals surface area (Å²) in [4.78, 5) is 14.2. The molecular weight excluding hydrogens is 338 g/mol. The van der Waals surface area contributed by atoms with Gasteiger partial charge >= 0.3 is 0 Å². The summed E-state index contributed by atoms with van der Waals surface area (Å²) < 4.78 is 11.1. The first kappa shape index (κ1) is 17.8. The highest BCUT2D eigenvalue weighted by Crippen LogP contribution is 2.25. The summed E-state index contributed by atoms with van der Waals surface area (Å²) in [6.45, 7) is 6.46. The Kier molecular flexibility index (Phi) is 5.96. The number of aromatic nitrogens is 2. The minimum absolute atomic E-state index is 0.136. The van der Waals surface area contributed by atoms with Crippen molar-refractivity contribution in [3.05, 3.63) is 24.3 Å². The van der Waals surface area contributed by atoms with Crippen LogP contribution in [-0.2, 0) is 4.79 Å². The average molecular weight is 361 g/mol. The Labute approximate surface area is 151 Å². The standard InChI is InChI=1S/C18H23N3O3S/c1-3-23-15-8-6-14(7-9-15)17-19-20-18(24-17)25-12-16(22)21-10-4-5-13(2)11-21/h6-9,13H,3-5,10-12H2,1-2H3/t13-/m0/s1. The monoisotopic (exact) mass is 361 g/mol. The summed E-state index contributed by atoms with van der Waals surface area (Å²) >= 11 is 1.29. The van der Waals surface area contributed by atoms with E-state index in [1.807, 2.05) is 36.1 Å². The third kappa shape index (κ3) is 4.75. The molecule has 1 saturated heterocycles. The molecule has 25 heavy (non-hydrogen) atoms. The lowest BCUT2D eigenvalue weighted by molar-refractivity contribution is -0.130. The number of thioether (sulfide) groups is 1. The quantitative estimate of drug-likeness (QED) is 0.734. The zero-order valence-corrected chi connectivity index (χ0v) is 15.4. The Morgan fingerprint density at radius 1 is 1.36 bits per heavy atom. The molecule has 0 unspecified atom stereocenters. The molecule has 1 aromatic heterocycles. The fourth-order valence-corrected chi connectivity index (χ4v) is 3.54. The van der Waals surface area contributed by atoms with Crippen LogP contribution in [0.4, 0.5) is 0 Å². The van der Waals surface area contributed by atoms with Gasteiger partial charge in [0.2, 0.25) is 11.8 Å². The maximum Gasteiger partial charge on any atom is 0.277 e. The molecule has 1 fully saturated rings. The van der Waals surface area contributed by atoms with E-state index in [1.165, 1.54) is 18.2 Å².